The maximum Gasteiger partial charge on any atom is 0.227 e. The number of hydrogen-bond acceptors (Lipinski definition) is 3. The summed E-state index contributed by atoms with van der Waals surface area (Å²) < 4.78 is 1.98. The fraction of sp³-hybridized carbons (Fsp3) is 0.667. The zero-order chi connectivity index (χ0) is 12.3. The molecular weight excluding hydrogens is 216 g/mol. The molecule has 1 saturated heterocycles. The molecule has 0 radical (unpaired) electrons. The van der Waals surface area contributed by atoms with Crippen molar-refractivity contribution in [2.24, 2.45) is 12.5 Å². The van der Waals surface area contributed by atoms with Crippen LogP contribution in [0, 0.1) is 5.41 Å². The van der Waals surface area contributed by atoms with E-state index in [0.717, 1.165) is 31.8 Å². The van der Waals surface area contributed by atoms with Crippen LogP contribution in [-0.2, 0) is 18.3 Å². The maximum atomic E-state index is 12.0. The largest absolute Gasteiger partial charge is 0.355 e. The molecule has 5 nitrogen and oxygen atoms in total. The second-order valence-electron chi connectivity index (χ2n) is 4.95. The van der Waals surface area contributed by atoms with Crippen molar-refractivity contribution in [3.63, 3.8) is 0 Å². The van der Waals surface area contributed by atoms with Crippen LogP contribution in [0.15, 0.2) is 12.4 Å². The summed E-state index contributed by atoms with van der Waals surface area (Å²) in [6, 6.07) is 0. The minimum absolute atomic E-state index is 0.150. The molecule has 0 bridgehead atoms. The molecule has 0 saturated carbocycles. The van der Waals surface area contributed by atoms with Gasteiger partial charge in [0.25, 0.3) is 0 Å². The lowest BCUT2D eigenvalue weighted by Crippen LogP contribution is -2.41. The fourth-order valence-corrected chi connectivity index (χ4v) is 2.15. The van der Waals surface area contributed by atoms with Gasteiger partial charge in [0, 0.05) is 39.0 Å². The van der Waals surface area contributed by atoms with Gasteiger partial charge in [0.05, 0.1) is 5.41 Å². The van der Waals surface area contributed by atoms with Gasteiger partial charge in [-0.15, -0.1) is 0 Å². The third kappa shape index (κ3) is 2.66. The summed E-state index contributed by atoms with van der Waals surface area (Å²) in [6.07, 6.45) is 5.39. The van der Waals surface area contributed by atoms with E-state index in [4.69, 9.17) is 0 Å². The highest BCUT2D eigenvalue weighted by atomic mass is 16.2. The van der Waals surface area contributed by atoms with Crippen LogP contribution in [0.3, 0.4) is 0 Å². The van der Waals surface area contributed by atoms with Crippen LogP contribution in [0.25, 0.3) is 0 Å². The monoisotopic (exact) mass is 236 g/mol. The summed E-state index contributed by atoms with van der Waals surface area (Å²) in [5, 5.41) is 6.23. The summed E-state index contributed by atoms with van der Waals surface area (Å²) in [7, 11) is 1.96. The first kappa shape index (κ1) is 12.1. The van der Waals surface area contributed by atoms with Crippen molar-refractivity contribution in [3.05, 3.63) is 18.2 Å². The maximum absolute atomic E-state index is 12.0. The number of carbonyl (C=O) groups excluding carboxylic acids is 1. The second-order valence-corrected chi connectivity index (χ2v) is 4.95. The van der Waals surface area contributed by atoms with E-state index in [1.807, 2.05) is 24.7 Å². The molecule has 5 heteroatoms. The molecule has 1 aliphatic rings. The highest BCUT2D eigenvalue weighted by molar-refractivity contribution is 5.82. The van der Waals surface area contributed by atoms with E-state index in [1.54, 1.807) is 6.20 Å². The molecule has 17 heavy (non-hydrogen) atoms. The number of imidazole rings is 1. The van der Waals surface area contributed by atoms with Crippen LogP contribution in [0.5, 0.6) is 0 Å². The molecule has 1 aromatic rings. The first-order valence-corrected chi connectivity index (χ1v) is 6.07. The molecule has 1 aromatic heterocycles. The predicted molar refractivity (Wildman–Crippen MR) is 65.5 cm³/mol. The van der Waals surface area contributed by atoms with Crippen LogP contribution >= 0.6 is 0 Å². The number of carbonyl (C=O) groups is 1. The standard InChI is InChI=1S/C12H20N4O/c1-12(4-6-13-9-12)11(17)15-5-3-10-14-7-8-16(10)2/h7-8,13H,3-6,9H2,1-2H3,(H,15,17). The predicted octanol–water partition coefficient (Wildman–Crippen LogP) is 0.0784. The van der Waals surface area contributed by atoms with E-state index in [0.29, 0.717) is 6.54 Å². The van der Waals surface area contributed by atoms with Gasteiger partial charge in [-0.05, 0) is 19.9 Å². The van der Waals surface area contributed by atoms with Crippen LogP contribution in [-0.4, -0.2) is 35.1 Å². The summed E-state index contributed by atoms with van der Waals surface area (Å²) in [5.74, 6) is 1.15. The first-order valence-electron chi connectivity index (χ1n) is 6.07. The number of aryl methyl sites for hydroxylation is 1. The average molecular weight is 236 g/mol. The third-order valence-electron chi connectivity index (χ3n) is 3.47. The normalized spacial score (nSPS) is 23.9. The van der Waals surface area contributed by atoms with Gasteiger partial charge in [0.15, 0.2) is 0 Å². The molecule has 2 N–H and O–H groups in total. The van der Waals surface area contributed by atoms with E-state index in [2.05, 4.69) is 15.6 Å². The molecule has 1 aliphatic heterocycles. The fourth-order valence-electron chi connectivity index (χ4n) is 2.15. The quantitative estimate of drug-likeness (QED) is 0.778. The summed E-state index contributed by atoms with van der Waals surface area (Å²) in [6.45, 7) is 4.38. The lowest BCUT2D eigenvalue weighted by atomic mass is 9.89. The molecule has 1 amide bonds. The van der Waals surface area contributed by atoms with Crippen LogP contribution in [0.2, 0.25) is 0 Å². The van der Waals surface area contributed by atoms with Crippen molar-refractivity contribution in [1.29, 1.82) is 0 Å². The van der Waals surface area contributed by atoms with Crippen molar-refractivity contribution in [1.82, 2.24) is 20.2 Å². The smallest absolute Gasteiger partial charge is 0.227 e. The Labute approximate surface area is 102 Å². The number of aromatic nitrogens is 2. The molecule has 0 aliphatic carbocycles. The number of hydrogen-bond donors (Lipinski definition) is 2. The van der Waals surface area contributed by atoms with E-state index >= 15 is 0 Å². The van der Waals surface area contributed by atoms with E-state index < -0.39 is 0 Å². The minimum Gasteiger partial charge on any atom is -0.355 e. The Bertz CT molecular complexity index is 393. The summed E-state index contributed by atoms with van der Waals surface area (Å²) in [4.78, 5) is 16.2. The highest BCUT2D eigenvalue weighted by Gasteiger charge is 2.35. The molecule has 2 rings (SSSR count). The molecule has 2 heterocycles. The summed E-state index contributed by atoms with van der Waals surface area (Å²) in [5.41, 5.74) is -0.234. The van der Waals surface area contributed by atoms with Crippen LogP contribution in [0.4, 0.5) is 0 Å². The molecule has 1 fully saturated rings. The van der Waals surface area contributed by atoms with Gasteiger partial charge >= 0.3 is 0 Å². The van der Waals surface area contributed by atoms with Gasteiger partial charge < -0.3 is 15.2 Å². The van der Waals surface area contributed by atoms with Crippen LogP contribution < -0.4 is 10.6 Å². The van der Waals surface area contributed by atoms with Gasteiger partial charge in [0.2, 0.25) is 5.91 Å². The highest BCUT2D eigenvalue weighted by Crippen LogP contribution is 2.24. The summed E-state index contributed by atoms with van der Waals surface area (Å²) >= 11 is 0. The third-order valence-corrected chi connectivity index (χ3v) is 3.47. The Kier molecular flexibility index (Phi) is 3.47. The average Bonchev–Trinajstić information content (AvgIpc) is 2.89. The molecule has 94 valence electrons. The number of nitrogens with one attached hydrogen (secondary N) is 2. The van der Waals surface area contributed by atoms with Crippen molar-refractivity contribution < 1.29 is 4.79 Å². The van der Waals surface area contributed by atoms with Gasteiger partial charge in [-0.3, -0.25) is 4.79 Å². The molecule has 0 aromatic carbocycles. The zero-order valence-electron chi connectivity index (χ0n) is 10.5. The zero-order valence-corrected chi connectivity index (χ0v) is 10.5. The first-order chi connectivity index (χ1) is 8.12. The second kappa shape index (κ2) is 4.87. The Morgan fingerprint density at radius 2 is 2.53 bits per heavy atom. The lowest BCUT2D eigenvalue weighted by molar-refractivity contribution is -0.129. The minimum atomic E-state index is -0.234. The lowest BCUT2D eigenvalue weighted by Gasteiger charge is -2.21. The Morgan fingerprint density at radius 3 is 3.12 bits per heavy atom. The number of rotatable bonds is 4. The number of nitrogens with zero attached hydrogens (tertiary/aromatic N) is 2. The Balaban J connectivity index is 1.79. The van der Waals surface area contributed by atoms with Gasteiger partial charge in [-0.1, -0.05) is 0 Å². The van der Waals surface area contributed by atoms with Crippen molar-refractivity contribution in [2.75, 3.05) is 19.6 Å². The van der Waals surface area contributed by atoms with Crippen molar-refractivity contribution >= 4 is 5.91 Å². The van der Waals surface area contributed by atoms with Gasteiger partial charge in [0.1, 0.15) is 5.82 Å². The molecule has 1 unspecified atom stereocenters. The van der Waals surface area contributed by atoms with Gasteiger partial charge in [-0.25, -0.2) is 4.98 Å². The van der Waals surface area contributed by atoms with Crippen molar-refractivity contribution in [2.45, 2.75) is 19.8 Å². The SMILES string of the molecule is Cn1ccnc1CCNC(=O)C1(C)CCNC1. The Morgan fingerprint density at radius 1 is 1.71 bits per heavy atom. The van der Waals surface area contributed by atoms with Crippen molar-refractivity contribution in [3.8, 4) is 0 Å². The van der Waals surface area contributed by atoms with E-state index in [1.165, 1.54) is 0 Å². The van der Waals surface area contributed by atoms with E-state index in [-0.39, 0.29) is 11.3 Å². The molecular formula is C12H20N4O. The topological polar surface area (TPSA) is 59.0 Å². The number of amides is 1. The van der Waals surface area contributed by atoms with Gasteiger partial charge in [-0.2, -0.15) is 0 Å². The Hall–Kier alpha value is -1.36. The molecule has 0 spiro atoms. The van der Waals surface area contributed by atoms with E-state index in [9.17, 15) is 4.79 Å². The molecule has 1 atom stereocenters. The van der Waals surface area contributed by atoms with Crippen LogP contribution in [0.1, 0.15) is 19.2 Å².